The van der Waals surface area contributed by atoms with Crippen LogP contribution in [0.5, 0.6) is 0 Å². The topological polar surface area (TPSA) is 20.5 Å². The third-order valence-electron chi connectivity index (χ3n) is 3.60. The minimum absolute atomic E-state index is 1.05. The third-order valence-corrected chi connectivity index (χ3v) is 3.60. The maximum Gasteiger partial charge on any atom is 0.137 e. The van der Waals surface area contributed by atoms with Crippen LogP contribution in [0.25, 0.3) is 5.65 Å². The molecule has 0 amide bonds. The Balaban J connectivity index is 2.08. The molecule has 3 rings (SSSR count). The summed E-state index contributed by atoms with van der Waals surface area (Å²) in [6, 6.07) is 6.36. The van der Waals surface area contributed by atoms with Crippen molar-refractivity contribution in [3.05, 3.63) is 35.3 Å². The van der Waals surface area contributed by atoms with Crippen LogP contribution in [0.15, 0.2) is 18.2 Å². The van der Waals surface area contributed by atoms with E-state index in [1.807, 2.05) is 0 Å². The van der Waals surface area contributed by atoms with Gasteiger partial charge in [-0.2, -0.15) is 0 Å². The Morgan fingerprint density at radius 2 is 2.24 bits per heavy atom. The molecule has 0 N–H and O–H groups in total. The molecule has 1 aliphatic heterocycles. The number of hydrogen-bond donors (Lipinski definition) is 0. The number of fused-ring (bicyclic) bond motifs is 3. The summed E-state index contributed by atoms with van der Waals surface area (Å²) in [7, 11) is 0. The van der Waals surface area contributed by atoms with Crippen molar-refractivity contribution in [2.75, 3.05) is 13.1 Å². The predicted molar refractivity (Wildman–Crippen MR) is 69.2 cm³/mol. The lowest BCUT2D eigenvalue weighted by Gasteiger charge is -2.26. The predicted octanol–water partition coefficient (Wildman–Crippen LogP) is 2.41. The molecule has 3 nitrogen and oxygen atoms in total. The van der Waals surface area contributed by atoms with Gasteiger partial charge >= 0.3 is 0 Å². The van der Waals surface area contributed by atoms with Gasteiger partial charge in [-0.05, 0) is 32.0 Å². The molecule has 0 atom stereocenters. The first-order chi connectivity index (χ1) is 8.29. The van der Waals surface area contributed by atoms with Gasteiger partial charge in [0.2, 0.25) is 0 Å². The van der Waals surface area contributed by atoms with Crippen LogP contribution in [0.4, 0.5) is 0 Å². The first kappa shape index (κ1) is 10.8. The second kappa shape index (κ2) is 4.15. The van der Waals surface area contributed by atoms with E-state index in [-0.39, 0.29) is 0 Å². The Bertz CT molecular complexity index is 542. The Labute approximate surface area is 102 Å². The van der Waals surface area contributed by atoms with Crippen LogP contribution in [0, 0.1) is 6.92 Å². The van der Waals surface area contributed by atoms with E-state index in [2.05, 4.69) is 41.3 Å². The Kier molecular flexibility index (Phi) is 2.63. The van der Waals surface area contributed by atoms with Crippen molar-refractivity contribution in [3.63, 3.8) is 0 Å². The average molecular weight is 229 g/mol. The van der Waals surface area contributed by atoms with Gasteiger partial charge in [-0.25, -0.2) is 4.98 Å². The summed E-state index contributed by atoms with van der Waals surface area (Å²) >= 11 is 0. The van der Waals surface area contributed by atoms with Gasteiger partial charge in [0.25, 0.3) is 0 Å². The fourth-order valence-electron chi connectivity index (χ4n) is 2.80. The molecule has 90 valence electrons. The van der Waals surface area contributed by atoms with E-state index in [0.717, 1.165) is 25.2 Å². The summed E-state index contributed by atoms with van der Waals surface area (Å²) < 4.78 is 2.32. The zero-order valence-electron chi connectivity index (χ0n) is 10.6. The highest BCUT2D eigenvalue weighted by molar-refractivity contribution is 5.45. The number of nitrogens with zero attached hydrogens (tertiary/aromatic N) is 3. The zero-order valence-corrected chi connectivity index (χ0v) is 10.6. The molecular formula is C14H19N3. The largest absolute Gasteiger partial charge is 0.300 e. The lowest BCUT2D eigenvalue weighted by Crippen LogP contribution is -2.31. The highest BCUT2D eigenvalue weighted by Crippen LogP contribution is 2.21. The normalized spacial score (nSPS) is 16.4. The maximum absolute atomic E-state index is 4.74. The molecule has 2 aromatic rings. The second-order valence-corrected chi connectivity index (χ2v) is 4.89. The van der Waals surface area contributed by atoms with Crippen LogP contribution in [0.1, 0.15) is 30.4 Å². The number of aryl methyl sites for hydroxylation is 1. The van der Waals surface area contributed by atoms with E-state index in [4.69, 9.17) is 4.98 Å². The van der Waals surface area contributed by atoms with Crippen molar-refractivity contribution in [1.29, 1.82) is 0 Å². The van der Waals surface area contributed by atoms with Gasteiger partial charge in [0, 0.05) is 25.2 Å². The summed E-state index contributed by atoms with van der Waals surface area (Å²) in [4.78, 5) is 7.28. The fourth-order valence-corrected chi connectivity index (χ4v) is 2.80. The molecule has 1 aliphatic rings. The van der Waals surface area contributed by atoms with Crippen LogP contribution in [-0.2, 0) is 13.0 Å². The third kappa shape index (κ3) is 1.75. The van der Waals surface area contributed by atoms with Crippen molar-refractivity contribution in [1.82, 2.24) is 14.3 Å². The summed E-state index contributed by atoms with van der Waals surface area (Å²) in [6.45, 7) is 7.81. The SMILES string of the molecule is CCCN1CCc2nc3cccc(C)n3c2C1. The van der Waals surface area contributed by atoms with E-state index in [1.165, 1.54) is 30.0 Å². The van der Waals surface area contributed by atoms with Crippen molar-refractivity contribution in [2.24, 2.45) is 0 Å². The van der Waals surface area contributed by atoms with Gasteiger partial charge in [0.15, 0.2) is 0 Å². The lowest BCUT2D eigenvalue weighted by atomic mass is 10.1. The molecule has 0 saturated heterocycles. The number of aromatic nitrogens is 2. The van der Waals surface area contributed by atoms with E-state index in [1.54, 1.807) is 0 Å². The highest BCUT2D eigenvalue weighted by Gasteiger charge is 2.21. The van der Waals surface area contributed by atoms with E-state index >= 15 is 0 Å². The minimum atomic E-state index is 1.05. The van der Waals surface area contributed by atoms with Crippen LogP contribution in [0.2, 0.25) is 0 Å². The Morgan fingerprint density at radius 3 is 3.06 bits per heavy atom. The van der Waals surface area contributed by atoms with E-state index in [0.29, 0.717) is 0 Å². The molecule has 0 saturated carbocycles. The standard InChI is InChI=1S/C14H19N3/c1-3-8-16-9-7-12-13(10-16)17-11(2)5-4-6-14(17)15-12/h4-6H,3,7-10H2,1-2H3. The van der Waals surface area contributed by atoms with Gasteiger partial charge < -0.3 is 0 Å². The molecule has 2 aromatic heterocycles. The van der Waals surface area contributed by atoms with E-state index < -0.39 is 0 Å². The number of hydrogen-bond acceptors (Lipinski definition) is 2. The average Bonchev–Trinajstić information content (AvgIpc) is 2.68. The fraction of sp³-hybridized carbons (Fsp3) is 0.500. The highest BCUT2D eigenvalue weighted by atomic mass is 15.2. The molecule has 0 unspecified atom stereocenters. The minimum Gasteiger partial charge on any atom is -0.300 e. The van der Waals surface area contributed by atoms with Crippen molar-refractivity contribution in [3.8, 4) is 0 Å². The number of pyridine rings is 1. The van der Waals surface area contributed by atoms with Crippen LogP contribution in [0.3, 0.4) is 0 Å². The van der Waals surface area contributed by atoms with Gasteiger partial charge in [-0.1, -0.05) is 13.0 Å². The summed E-state index contributed by atoms with van der Waals surface area (Å²) in [5, 5.41) is 0. The summed E-state index contributed by atoms with van der Waals surface area (Å²) in [5.41, 5.74) is 5.09. The molecule has 0 aliphatic carbocycles. The van der Waals surface area contributed by atoms with Gasteiger partial charge in [-0.15, -0.1) is 0 Å². The number of rotatable bonds is 2. The van der Waals surface area contributed by atoms with Crippen LogP contribution < -0.4 is 0 Å². The van der Waals surface area contributed by atoms with Crippen LogP contribution >= 0.6 is 0 Å². The molecule has 0 radical (unpaired) electrons. The molecule has 0 spiro atoms. The summed E-state index contributed by atoms with van der Waals surface area (Å²) in [5.74, 6) is 0. The molecule has 17 heavy (non-hydrogen) atoms. The molecule has 0 bridgehead atoms. The first-order valence-corrected chi connectivity index (χ1v) is 6.47. The Hall–Kier alpha value is -1.35. The van der Waals surface area contributed by atoms with Crippen LogP contribution in [-0.4, -0.2) is 27.4 Å². The van der Waals surface area contributed by atoms with Crippen molar-refractivity contribution in [2.45, 2.75) is 33.2 Å². The molecule has 0 aromatic carbocycles. The molecule has 3 heteroatoms. The van der Waals surface area contributed by atoms with Gasteiger partial charge in [-0.3, -0.25) is 9.30 Å². The monoisotopic (exact) mass is 229 g/mol. The van der Waals surface area contributed by atoms with Gasteiger partial charge in [0.05, 0.1) is 11.4 Å². The lowest BCUT2D eigenvalue weighted by molar-refractivity contribution is 0.249. The smallest absolute Gasteiger partial charge is 0.137 e. The zero-order chi connectivity index (χ0) is 11.8. The quantitative estimate of drug-likeness (QED) is 0.788. The van der Waals surface area contributed by atoms with Crippen molar-refractivity contribution < 1.29 is 0 Å². The molecule has 3 heterocycles. The number of imidazole rings is 1. The molecular weight excluding hydrogens is 210 g/mol. The van der Waals surface area contributed by atoms with E-state index in [9.17, 15) is 0 Å². The second-order valence-electron chi connectivity index (χ2n) is 4.89. The summed E-state index contributed by atoms with van der Waals surface area (Å²) in [6.07, 6.45) is 2.32. The van der Waals surface area contributed by atoms with Gasteiger partial charge in [0.1, 0.15) is 5.65 Å². The Morgan fingerprint density at radius 1 is 1.35 bits per heavy atom. The maximum atomic E-state index is 4.74. The first-order valence-electron chi connectivity index (χ1n) is 6.47. The van der Waals surface area contributed by atoms with Crippen molar-refractivity contribution >= 4 is 5.65 Å². The molecule has 0 fully saturated rings.